The number of carbonyl (C=O) groups excluding carboxylic acids is 1. The lowest BCUT2D eigenvalue weighted by atomic mass is 9.98. The smallest absolute Gasteiger partial charge is 0.265 e. The first-order chi connectivity index (χ1) is 8.24. The summed E-state index contributed by atoms with van der Waals surface area (Å²) < 4.78 is 0.938. The van der Waals surface area contributed by atoms with Crippen LogP contribution in [0.5, 0.6) is 0 Å². The monoisotopic (exact) mass is 315 g/mol. The number of halogens is 1. The van der Waals surface area contributed by atoms with Crippen molar-refractivity contribution in [2.45, 2.75) is 45.1 Å². The van der Waals surface area contributed by atoms with Crippen LogP contribution in [0.15, 0.2) is 15.9 Å². The van der Waals surface area contributed by atoms with E-state index in [4.69, 9.17) is 0 Å². The number of rotatable bonds is 3. The number of thiophene rings is 1. The van der Waals surface area contributed by atoms with E-state index < -0.39 is 0 Å². The summed E-state index contributed by atoms with van der Waals surface area (Å²) in [6.07, 6.45) is 5.87. The van der Waals surface area contributed by atoms with Crippen LogP contribution >= 0.6 is 27.3 Å². The van der Waals surface area contributed by atoms with Crippen molar-refractivity contribution >= 4 is 33.2 Å². The summed E-state index contributed by atoms with van der Waals surface area (Å²) in [6, 6.07) is 2.41. The molecular formula is C13H18BrNOS. The van der Waals surface area contributed by atoms with Crippen LogP contribution in [0.2, 0.25) is 0 Å². The normalized spacial score (nSPS) is 20.6. The Balaban J connectivity index is 2.14. The lowest BCUT2D eigenvalue weighted by Gasteiger charge is -2.35. The first kappa shape index (κ1) is 13.1. The van der Waals surface area contributed by atoms with E-state index in [1.807, 2.05) is 11.4 Å². The molecule has 0 bridgehead atoms. The van der Waals surface area contributed by atoms with E-state index in [-0.39, 0.29) is 5.91 Å². The molecule has 1 aromatic rings. The Labute approximate surface area is 115 Å². The Morgan fingerprint density at radius 1 is 1.59 bits per heavy atom. The van der Waals surface area contributed by atoms with E-state index in [1.54, 1.807) is 0 Å². The van der Waals surface area contributed by atoms with Crippen molar-refractivity contribution in [3.63, 3.8) is 0 Å². The van der Waals surface area contributed by atoms with Gasteiger partial charge in [-0.25, -0.2) is 0 Å². The summed E-state index contributed by atoms with van der Waals surface area (Å²) in [7, 11) is 0. The van der Waals surface area contributed by atoms with Crippen LogP contribution in [0.3, 0.4) is 0 Å². The van der Waals surface area contributed by atoms with Crippen LogP contribution in [0.4, 0.5) is 0 Å². The standard InChI is InChI=1S/C13H18BrNOS/c1-2-5-10-6-3-4-8-15(10)13(16)12-11(14)7-9-17-12/h7,9-10H,2-6,8H2,1H3. The molecule has 1 saturated heterocycles. The Bertz CT molecular complexity index is 389. The maximum Gasteiger partial charge on any atom is 0.265 e. The number of hydrogen-bond acceptors (Lipinski definition) is 2. The van der Waals surface area contributed by atoms with Gasteiger partial charge in [-0.15, -0.1) is 11.3 Å². The molecule has 2 nitrogen and oxygen atoms in total. The average Bonchev–Trinajstić information content (AvgIpc) is 2.76. The zero-order chi connectivity index (χ0) is 12.3. The minimum Gasteiger partial charge on any atom is -0.335 e. The number of carbonyl (C=O) groups is 1. The van der Waals surface area contributed by atoms with E-state index in [0.29, 0.717) is 6.04 Å². The summed E-state index contributed by atoms with van der Waals surface area (Å²) in [5, 5.41) is 1.97. The Hall–Kier alpha value is -0.350. The number of hydrogen-bond donors (Lipinski definition) is 0. The van der Waals surface area contributed by atoms with Crippen molar-refractivity contribution in [2.75, 3.05) is 6.54 Å². The van der Waals surface area contributed by atoms with Crippen molar-refractivity contribution in [1.29, 1.82) is 0 Å². The van der Waals surface area contributed by atoms with Gasteiger partial charge in [-0.3, -0.25) is 4.79 Å². The van der Waals surface area contributed by atoms with Crippen molar-refractivity contribution in [2.24, 2.45) is 0 Å². The molecule has 1 amide bonds. The highest BCUT2D eigenvalue weighted by Crippen LogP contribution is 2.28. The van der Waals surface area contributed by atoms with Crippen molar-refractivity contribution in [3.8, 4) is 0 Å². The molecule has 0 aromatic carbocycles. The predicted molar refractivity (Wildman–Crippen MR) is 75.6 cm³/mol. The maximum atomic E-state index is 12.5. The first-order valence-corrected chi connectivity index (χ1v) is 7.95. The van der Waals surface area contributed by atoms with E-state index in [2.05, 4.69) is 27.8 Å². The molecule has 1 aliphatic rings. The topological polar surface area (TPSA) is 20.3 Å². The minimum atomic E-state index is 0.213. The zero-order valence-corrected chi connectivity index (χ0v) is 12.5. The Morgan fingerprint density at radius 3 is 3.06 bits per heavy atom. The van der Waals surface area contributed by atoms with Gasteiger partial charge >= 0.3 is 0 Å². The van der Waals surface area contributed by atoms with E-state index in [9.17, 15) is 4.79 Å². The van der Waals surface area contributed by atoms with Gasteiger partial charge in [-0.05, 0) is 53.1 Å². The SMILES string of the molecule is CCCC1CCCCN1C(=O)c1sccc1Br. The third kappa shape index (κ3) is 2.91. The summed E-state index contributed by atoms with van der Waals surface area (Å²) in [5.41, 5.74) is 0. The fraction of sp³-hybridized carbons (Fsp3) is 0.615. The summed E-state index contributed by atoms with van der Waals surface area (Å²) in [5.74, 6) is 0.213. The molecule has 0 spiro atoms. The van der Waals surface area contributed by atoms with Gasteiger partial charge in [0.2, 0.25) is 0 Å². The number of amides is 1. The van der Waals surface area contributed by atoms with Gasteiger partial charge < -0.3 is 4.90 Å². The molecule has 0 saturated carbocycles. The number of likely N-dealkylation sites (tertiary alicyclic amines) is 1. The highest BCUT2D eigenvalue weighted by atomic mass is 79.9. The van der Waals surface area contributed by atoms with E-state index in [0.717, 1.165) is 35.2 Å². The molecule has 1 aliphatic heterocycles. The van der Waals surface area contributed by atoms with Crippen LogP contribution in [0, 0.1) is 0 Å². The quantitative estimate of drug-likeness (QED) is 0.814. The summed E-state index contributed by atoms with van der Waals surface area (Å²) >= 11 is 4.99. The fourth-order valence-electron chi connectivity index (χ4n) is 2.48. The average molecular weight is 316 g/mol. The predicted octanol–water partition coefficient (Wildman–Crippen LogP) is 4.31. The summed E-state index contributed by atoms with van der Waals surface area (Å²) in [6.45, 7) is 3.12. The second kappa shape index (κ2) is 6.01. The fourth-order valence-corrected chi connectivity index (χ4v) is 3.97. The van der Waals surface area contributed by atoms with Gasteiger partial charge in [-0.2, -0.15) is 0 Å². The minimum absolute atomic E-state index is 0.213. The van der Waals surface area contributed by atoms with Crippen molar-refractivity contribution < 1.29 is 4.79 Å². The largest absolute Gasteiger partial charge is 0.335 e. The molecule has 0 aliphatic carbocycles. The third-order valence-electron chi connectivity index (χ3n) is 3.32. The van der Waals surface area contributed by atoms with Crippen LogP contribution in [-0.4, -0.2) is 23.4 Å². The molecule has 1 fully saturated rings. The van der Waals surface area contributed by atoms with E-state index >= 15 is 0 Å². The zero-order valence-electron chi connectivity index (χ0n) is 10.1. The first-order valence-electron chi connectivity index (χ1n) is 6.28. The van der Waals surface area contributed by atoms with Crippen molar-refractivity contribution in [1.82, 2.24) is 4.90 Å². The van der Waals surface area contributed by atoms with Crippen LogP contribution < -0.4 is 0 Å². The highest BCUT2D eigenvalue weighted by molar-refractivity contribution is 9.10. The summed E-state index contributed by atoms with van der Waals surface area (Å²) in [4.78, 5) is 15.4. The lowest BCUT2D eigenvalue weighted by Crippen LogP contribution is -2.43. The molecule has 4 heteroatoms. The molecule has 1 atom stereocenters. The lowest BCUT2D eigenvalue weighted by molar-refractivity contribution is 0.0605. The molecule has 94 valence electrons. The molecular weight excluding hydrogens is 298 g/mol. The highest BCUT2D eigenvalue weighted by Gasteiger charge is 2.28. The van der Waals surface area contributed by atoms with Crippen molar-refractivity contribution in [3.05, 3.63) is 20.8 Å². The van der Waals surface area contributed by atoms with Crippen LogP contribution in [0.1, 0.15) is 48.7 Å². The second-order valence-electron chi connectivity index (χ2n) is 4.53. The third-order valence-corrected chi connectivity index (χ3v) is 5.15. The molecule has 1 unspecified atom stereocenters. The molecule has 2 rings (SSSR count). The number of nitrogens with zero attached hydrogens (tertiary/aromatic N) is 1. The molecule has 2 heterocycles. The molecule has 0 radical (unpaired) electrons. The van der Waals surface area contributed by atoms with Gasteiger partial charge in [0, 0.05) is 17.1 Å². The van der Waals surface area contributed by atoms with E-state index in [1.165, 1.54) is 24.2 Å². The van der Waals surface area contributed by atoms with Gasteiger partial charge in [0.25, 0.3) is 5.91 Å². The van der Waals surface area contributed by atoms with Gasteiger partial charge in [0.1, 0.15) is 4.88 Å². The second-order valence-corrected chi connectivity index (χ2v) is 6.30. The Morgan fingerprint density at radius 2 is 2.41 bits per heavy atom. The van der Waals surface area contributed by atoms with Crippen LogP contribution in [-0.2, 0) is 0 Å². The van der Waals surface area contributed by atoms with Gasteiger partial charge in [-0.1, -0.05) is 13.3 Å². The molecule has 1 aromatic heterocycles. The number of piperidine rings is 1. The van der Waals surface area contributed by atoms with Gasteiger partial charge in [0.05, 0.1) is 0 Å². The van der Waals surface area contributed by atoms with Crippen LogP contribution in [0.25, 0.3) is 0 Å². The molecule has 0 N–H and O–H groups in total. The molecule has 17 heavy (non-hydrogen) atoms. The maximum absolute atomic E-state index is 12.5. The Kier molecular flexibility index (Phi) is 4.62. The van der Waals surface area contributed by atoms with Gasteiger partial charge in [0.15, 0.2) is 0 Å².